The lowest BCUT2D eigenvalue weighted by Crippen LogP contribution is -1.76. The van der Waals surface area contributed by atoms with Gasteiger partial charge in [-0.15, -0.1) is 12.6 Å². The van der Waals surface area contributed by atoms with Crippen molar-refractivity contribution in [3.8, 4) is 0 Å². The molecule has 0 fully saturated rings. The number of benzene rings is 1. The van der Waals surface area contributed by atoms with Crippen molar-refractivity contribution in [2.24, 2.45) is 0 Å². The molecule has 0 aliphatic rings. The highest BCUT2D eigenvalue weighted by Gasteiger charge is 2.01. The Labute approximate surface area is 67.9 Å². The molecule has 56 valence electrons. The highest BCUT2D eigenvalue weighted by molar-refractivity contribution is 7.80. The van der Waals surface area contributed by atoms with Crippen molar-refractivity contribution >= 4 is 23.7 Å². The average Bonchev–Trinajstić information content (AvgIpc) is 2.34. The number of nitrogens with one attached hydrogen (secondary N) is 1. The maximum absolute atomic E-state index is 12.7. The molecule has 0 saturated carbocycles. The quantitative estimate of drug-likeness (QED) is 0.578. The summed E-state index contributed by atoms with van der Waals surface area (Å²) >= 11 is 4.06. The summed E-state index contributed by atoms with van der Waals surface area (Å²) in [4.78, 5) is 7.32. The Balaban J connectivity index is 2.91. The molecule has 1 aromatic heterocycles. The van der Waals surface area contributed by atoms with Gasteiger partial charge in [0, 0.05) is 4.90 Å². The molecule has 0 unspecified atom stereocenters. The molecule has 2 nitrogen and oxygen atoms in total. The van der Waals surface area contributed by atoms with Crippen LogP contribution in [0.3, 0.4) is 0 Å². The predicted molar refractivity (Wildman–Crippen MR) is 43.3 cm³/mol. The van der Waals surface area contributed by atoms with Gasteiger partial charge >= 0.3 is 0 Å². The molecule has 0 spiro atoms. The van der Waals surface area contributed by atoms with E-state index in [2.05, 4.69) is 22.6 Å². The molecule has 0 atom stereocenters. The van der Waals surface area contributed by atoms with E-state index >= 15 is 0 Å². The molecule has 2 aromatic rings. The summed E-state index contributed by atoms with van der Waals surface area (Å²) in [6.45, 7) is 0. The third kappa shape index (κ3) is 0.991. The van der Waals surface area contributed by atoms with Crippen molar-refractivity contribution in [3.05, 3.63) is 24.3 Å². The lowest BCUT2D eigenvalue weighted by molar-refractivity contribution is 0.626. The lowest BCUT2D eigenvalue weighted by atomic mass is 10.3. The number of H-pyrrole nitrogens is 1. The number of aromatic amines is 1. The molecule has 1 aromatic carbocycles. The second-order valence-corrected chi connectivity index (χ2v) is 2.71. The summed E-state index contributed by atoms with van der Waals surface area (Å²) in [7, 11) is 0. The van der Waals surface area contributed by atoms with Crippen LogP contribution in [0.25, 0.3) is 11.0 Å². The standard InChI is InChI=1S/C7H5FN2S/c8-4-1-5-7(6(11)2-4)10-3-9-5/h1-3,11H,(H,9,10). The zero-order valence-electron chi connectivity index (χ0n) is 5.50. The molecule has 0 bridgehead atoms. The Kier molecular flexibility index (Phi) is 1.35. The average molecular weight is 168 g/mol. The molecule has 0 saturated heterocycles. The summed E-state index contributed by atoms with van der Waals surface area (Å²) < 4.78 is 12.7. The highest BCUT2D eigenvalue weighted by Crippen LogP contribution is 2.19. The fourth-order valence-electron chi connectivity index (χ4n) is 0.997. The number of aromatic nitrogens is 2. The normalized spacial score (nSPS) is 10.7. The second kappa shape index (κ2) is 2.23. The van der Waals surface area contributed by atoms with E-state index in [9.17, 15) is 4.39 Å². The molecular weight excluding hydrogens is 163 g/mol. The van der Waals surface area contributed by atoms with Gasteiger partial charge < -0.3 is 4.98 Å². The number of hydrogen-bond donors (Lipinski definition) is 2. The Morgan fingerprint density at radius 3 is 3.09 bits per heavy atom. The third-order valence-corrected chi connectivity index (χ3v) is 1.81. The van der Waals surface area contributed by atoms with Gasteiger partial charge in [-0.25, -0.2) is 9.37 Å². The van der Waals surface area contributed by atoms with Gasteiger partial charge in [0.2, 0.25) is 0 Å². The monoisotopic (exact) mass is 168 g/mol. The first kappa shape index (κ1) is 6.67. The van der Waals surface area contributed by atoms with Gasteiger partial charge in [-0.3, -0.25) is 0 Å². The highest BCUT2D eigenvalue weighted by atomic mass is 32.1. The van der Waals surface area contributed by atoms with Crippen LogP contribution in [-0.4, -0.2) is 9.97 Å². The maximum Gasteiger partial charge on any atom is 0.126 e. The molecular formula is C7H5FN2S. The first-order chi connectivity index (χ1) is 5.27. The smallest absolute Gasteiger partial charge is 0.126 e. The second-order valence-electron chi connectivity index (χ2n) is 2.22. The Morgan fingerprint density at radius 2 is 2.27 bits per heavy atom. The van der Waals surface area contributed by atoms with Crippen molar-refractivity contribution in [2.75, 3.05) is 0 Å². The molecule has 1 heterocycles. The lowest BCUT2D eigenvalue weighted by Gasteiger charge is -1.92. The number of thiol groups is 1. The fourth-order valence-corrected chi connectivity index (χ4v) is 1.30. The van der Waals surface area contributed by atoms with E-state index in [0.29, 0.717) is 15.9 Å². The van der Waals surface area contributed by atoms with E-state index in [0.717, 1.165) is 0 Å². The SMILES string of the molecule is Fc1cc(S)c2nc[nH]c2c1. The van der Waals surface area contributed by atoms with Crippen LogP contribution in [0.4, 0.5) is 4.39 Å². The first-order valence-electron chi connectivity index (χ1n) is 3.09. The number of rotatable bonds is 0. The van der Waals surface area contributed by atoms with Crippen LogP contribution in [0.15, 0.2) is 23.4 Å². The third-order valence-electron chi connectivity index (χ3n) is 1.47. The fraction of sp³-hybridized carbons (Fsp3) is 0. The number of nitrogens with zero attached hydrogens (tertiary/aromatic N) is 1. The summed E-state index contributed by atoms with van der Waals surface area (Å²) in [6, 6.07) is 2.73. The van der Waals surface area contributed by atoms with Crippen LogP contribution >= 0.6 is 12.6 Å². The maximum atomic E-state index is 12.7. The number of halogens is 1. The minimum absolute atomic E-state index is 0.299. The van der Waals surface area contributed by atoms with Crippen molar-refractivity contribution < 1.29 is 4.39 Å². The van der Waals surface area contributed by atoms with Gasteiger partial charge in [-0.05, 0) is 12.1 Å². The van der Waals surface area contributed by atoms with Crippen LogP contribution in [-0.2, 0) is 0 Å². The van der Waals surface area contributed by atoms with Crippen LogP contribution in [0, 0.1) is 5.82 Å². The van der Waals surface area contributed by atoms with E-state index in [-0.39, 0.29) is 5.82 Å². The molecule has 1 N–H and O–H groups in total. The van der Waals surface area contributed by atoms with Gasteiger partial charge in [-0.2, -0.15) is 0 Å². The summed E-state index contributed by atoms with van der Waals surface area (Å²) in [5, 5.41) is 0. The summed E-state index contributed by atoms with van der Waals surface area (Å²) in [6.07, 6.45) is 1.52. The molecule has 0 amide bonds. The molecule has 0 radical (unpaired) electrons. The van der Waals surface area contributed by atoms with Gasteiger partial charge in [-0.1, -0.05) is 0 Å². The zero-order chi connectivity index (χ0) is 7.84. The van der Waals surface area contributed by atoms with Crippen LogP contribution in [0.1, 0.15) is 0 Å². The van der Waals surface area contributed by atoms with Crippen LogP contribution in [0.5, 0.6) is 0 Å². The minimum atomic E-state index is -0.299. The Hall–Kier alpha value is -1.03. The molecule has 2 rings (SSSR count). The van der Waals surface area contributed by atoms with Crippen molar-refractivity contribution in [1.29, 1.82) is 0 Å². The van der Waals surface area contributed by atoms with E-state index in [1.165, 1.54) is 18.5 Å². The largest absolute Gasteiger partial charge is 0.344 e. The van der Waals surface area contributed by atoms with E-state index in [4.69, 9.17) is 0 Å². The van der Waals surface area contributed by atoms with Crippen LogP contribution in [0.2, 0.25) is 0 Å². The molecule has 0 aliphatic heterocycles. The molecule has 0 aliphatic carbocycles. The number of fused-ring (bicyclic) bond motifs is 1. The first-order valence-corrected chi connectivity index (χ1v) is 3.53. The van der Waals surface area contributed by atoms with Crippen LogP contribution < -0.4 is 0 Å². The van der Waals surface area contributed by atoms with Gasteiger partial charge in [0.05, 0.1) is 11.8 Å². The minimum Gasteiger partial charge on any atom is -0.344 e. The van der Waals surface area contributed by atoms with Gasteiger partial charge in [0.1, 0.15) is 11.3 Å². The zero-order valence-corrected chi connectivity index (χ0v) is 6.40. The number of hydrogen-bond acceptors (Lipinski definition) is 2. The van der Waals surface area contributed by atoms with E-state index in [1.54, 1.807) is 0 Å². The summed E-state index contributed by atoms with van der Waals surface area (Å²) in [5.41, 5.74) is 1.38. The molecule has 4 heteroatoms. The van der Waals surface area contributed by atoms with Crippen molar-refractivity contribution in [1.82, 2.24) is 9.97 Å². The van der Waals surface area contributed by atoms with Gasteiger partial charge in [0.25, 0.3) is 0 Å². The number of imidazole rings is 1. The van der Waals surface area contributed by atoms with Crippen molar-refractivity contribution in [3.63, 3.8) is 0 Å². The predicted octanol–water partition coefficient (Wildman–Crippen LogP) is 1.99. The van der Waals surface area contributed by atoms with E-state index in [1.807, 2.05) is 0 Å². The summed E-state index contributed by atoms with van der Waals surface area (Å²) in [5.74, 6) is -0.299. The molecule has 11 heavy (non-hydrogen) atoms. The topological polar surface area (TPSA) is 28.7 Å². The Morgan fingerprint density at radius 1 is 1.45 bits per heavy atom. The van der Waals surface area contributed by atoms with Gasteiger partial charge in [0.15, 0.2) is 0 Å². The van der Waals surface area contributed by atoms with E-state index < -0.39 is 0 Å². The Bertz CT molecular complexity index is 396. The van der Waals surface area contributed by atoms with Crippen molar-refractivity contribution in [2.45, 2.75) is 4.90 Å².